The van der Waals surface area contributed by atoms with Gasteiger partial charge in [-0.25, -0.2) is 4.79 Å². The van der Waals surface area contributed by atoms with E-state index in [4.69, 9.17) is 39.4 Å². The Morgan fingerprint density at radius 2 is 1.25 bits per heavy atom. The SMILES string of the molecule is CC(C)(C)OC(=O)N1CCCC(Cc2nnc(C(N)=O)c3sc(-c4ccc(Cl)cc4)cc23)C1.Cl.NC(=O)c1nnc(CC2CCCNC2)c2cc(-c3ccc(Cl)cc3)sc12. The van der Waals surface area contributed by atoms with Crippen LogP contribution in [0.5, 0.6) is 0 Å². The minimum absolute atomic E-state index is 0. The number of fused-ring (bicyclic) bond motifs is 2. The van der Waals surface area contributed by atoms with Gasteiger partial charge in [0, 0.05) is 43.7 Å². The van der Waals surface area contributed by atoms with Crippen molar-refractivity contribution >= 4 is 96.4 Å². The van der Waals surface area contributed by atoms with Gasteiger partial charge in [0.2, 0.25) is 0 Å². The molecule has 316 valence electrons. The molecule has 0 spiro atoms. The highest BCUT2D eigenvalue weighted by Crippen LogP contribution is 2.39. The molecule has 0 bridgehead atoms. The molecule has 2 aliphatic rings. The minimum atomic E-state index is -0.600. The van der Waals surface area contributed by atoms with Crippen molar-refractivity contribution in [3.05, 3.63) is 93.5 Å². The molecule has 0 radical (unpaired) electrons. The number of aromatic nitrogens is 4. The molecule has 0 aliphatic carbocycles. The summed E-state index contributed by atoms with van der Waals surface area (Å²) < 4.78 is 7.10. The molecule has 2 atom stereocenters. The molecule has 2 saturated heterocycles. The Bertz CT molecular complexity index is 2480. The number of thiophene rings is 2. The second kappa shape index (κ2) is 19.5. The van der Waals surface area contributed by atoms with Crippen molar-refractivity contribution in [1.29, 1.82) is 0 Å². The van der Waals surface area contributed by atoms with Crippen molar-refractivity contribution in [3.63, 3.8) is 0 Å². The van der Waals surface area contributed by atoms with E-state index in [0.717, 1.165) is 84.8 Å². The third kappa shape index (κ3) is 10.9. The lowest BCUT2D eigenvalue weighted by Gasteiger charge is -2.34. The molecule has 5 N–H and O–H groups in total. The normalized spacial score (nSPS) is 16.8. The number of benzene rings is 2. The summed E-state index contributed by atoms with van der Waals surface area (Å²) in [6, 6.07) is 19.4. The van der Waals surface area contributed by atoms with Gasteiger partial charge in [0.25, 0.3) is 11.8 Å². The number of amides is 3. The molecule has 6 heterocycles. The first kappa shape index (κ1) is 45.1. The molecule has 6 aromatic rings. The summed E-state index contributed by atoms with van der Waals surface area (Å²) in [5.74, 6) is -0.378. The summed E-state index contributed by atoms with van der Waals surface area (Å²) in [6.45, 7) is 8.97. The van der Waals surface area contributed by atoms with Crippen molar-refractivity contribution in [3.8, 4) is 20.9 Å². The van der Waals surface area contributed by atoms with E-state index in [1.165, 1.54) is 35.5 Å². The number of likely N-dealkylation sites (tertiary alicyclic amines) is 1. The van der Waals surface area contributed by atoms with E-state index >= 15 is 0 Å². The Morgan fingerprint density at radius 1 is 0.767 bits per heavy atom. The number of halogens is 3. The Labute approximate surface area is 372 Å². The molecular weight excluding hydrogens is 863 g/mol. The predicted octanol–water partition coefficient (Wildman–Crippen LogP) is 9.37. The van der Waals surface area contributed by atoms with Crippen molar-refractivity contribution in [2.45, 2.75) is 64.9 Å². The van der Waals surface area contributed by atoms with Gasteiger partial charge in [-0.15, -0.1) is 45.3 Å². The fraction of sp³-hybridized carbons (Fsp3) is 0.372. The summed E-state index contributed by atoms with van der Waals surface area (Å²) in [4.78, 5) is 40.2. The Kier molecular flexibility index (Phi) is 14.7. The first-order chi connectivity index (χ1) is 28.2. The number of hydrogen-bond acceptors (Lipinski definition) is 11. The van der Waals surface area contributed by atoms with E-state index in [1.54, 1.807) is 4.90 Å². The smallest absolute Gasteiger partial charge is 0.410 e. The number of primary amides is 2. The number of rotatable bonds is 8. The maximum atomic E-state index is 12.5. The lowest BCUT2D eigenvalue weighted by molar-refractivity contribution is 0.0165. The van der Waals surface area contributed by atoms with Crippen LogP contribution in [0.1, 0.15) is 78.8 Å². The summed E-state index contributed by atoms with van der Waals surface area (Å²) >= 11 is 15.0. The van der Waals surface area contributed by atoms with Gasteiger partial charge in [-0.3, -0.25) is 9.59 Å². The maximum absolute atomic E-state index is 12.5. The molecule has 12 nitrogen and oxygen atoms in total. The number of nitrogens with two attached hydrogens (primary N) is 2. The number of carbonyl (C=O) groups excluding carboxylic acids is 3. The van der Waals surface area contributed by atoms with Crippen LogP contribution < -0.4 is 16.8 Å². The molecule has 17 heteroatoms. The molecule has 0 saturated carbocycles. The maximum Gasteiger partial charge on any atom is 0.410 e. The lowest BCUT2D eigenvalue weighted by atomic mass is 9.92. The largest absolute Gasteiger partial charge is 0.444 e. The van der Waals surface area contributed by atoms with Gasteiger partial charge in [0.05, 0.1) is 20.8 Å². The highest BCUT2D eigenvalue weighted by atomic mass is 35.5. The van der Waals surface area contributed by atoms with Gasteiger partial charge in [-0.05, 0) is 132 Å². The standard InChI is InChI=1S/C24H27ClN4O3S.C19H19ClN4OS.ClH/c1-24(2,3)32-23(31)29-10-4-5-14(13-29)11-18-17-12-19(15-6-8-16(25)9-7-15)33-21(17)20(22(26)30)28-27-18;20-13-5-3-12(4-6-13)16-9-14-15(8-11-2-1-7-22-10-11)23-24-17(19(21)25)18(14)26-16;/h6-9,12,14H,4-5,10-11,13H2,1-3H3,(H2,26,30);3-6,9,11,22H,1-2,7-8,10H2,(H2,21,25);1H. The zero-order chi connectivity index (χ0) is 41.8. The second-order valence-corrected chi connectivity index (χ2v) is 19.0. The van der Waals surface area contributed by atoms with Gasteiger partial charge < -0.3 is 26.4 Å². The van der Waals surface area contributed by atoms with Crippen LogP contribution in [0.3, 0.4) is 0 Å². The molecule has 4 aromatic heterocycles. The van der Waals surface area contributed by atoms with Crippen LogP contribution in [0, 0.1) is 11.8 Å². The zero-order valence-corrected chi connectivity index (χ0v) is 37.5. The van der Waals surface area contributed by atoms with Crippen LogP contribution in [0.25, 0.3) is 41.1 Å². The van der Waals surface area contributed by atoms with Crippen molar-refractivity contribution in [1.82, 2.24) is 30.6 Å². The first-order valence-electron chi connectivity index (χ1n) is 19.6. The van der Waals surface area contributed by atoms with Gasteiger partial charge in [0.1, 0.15) is 5.60 Å². The van der Waals surface area contributed by atoms with E-state index in [0.29, 0.717) is 35.5 Å². The second-order valence-electron chi connectivity index (χ2n) is 16.0. The Morgan fingerprint density at radius 3 is 1.70 bits per heavy atom. The number of hydrogen-bond donors (Lipinski definition) is 3. The van der Waals surface area contributed by atoms with Crippen LogP contribution >= 0.6 is 58.3 Å². The van der Waals surface area contributed by atoms with Crippen LogP contribution in [-0.4, -0.2) is 75.0 Å². The van der Waals surface area contributed by atoms with E-state index in [1.807, 2.05) is 75.4 Å². The highest BCUT2D eigenvalue weighted by molar-refractivity contribution is 7.23. The first-order valence-corrected chi connectivity index (χ1v) is 22.0. The van der Waals surface area contributed by atoms with E-state index in [2.05, 4.69) is 31.8 Å². The Hall–Kier alpha value is -4.44. The third-order valence-corrected chi connectivity index (χ3v) is 13.2. The summed E-state index contributed by atoms with van der Waals surface area (Å²) in [7, 11) is 0. The highest BCUT2D eigenvalue weighted by Gasteiger charge is 2.29. The molecule has 2 fully saturated rings. The monoisotopic (exact) mass is 908 g/mol. The average Bonchev–Trinajstić information content (AvgIpc) is 3.86. The van der Waals surface area contributed by atoms with Crippen LogP contribution in [0.4, 0.5) is 4.79 Å². The number of piperidine rings is 2. The predicted molar refractivity (Wildman–Crippen MR) is 244 cm³/mol. The number of nitrogens with zero attached hydrogens (tertiary/aromatic N) is 5. The van der Waals surface area contributed by atoms with Gasteiger partial charge in [-0.2, -0.15) is 10.2 Å². The summed E-state index contributed by atoms with van der Waals surface area (Å²) in [5.41, 5.74) is 14.8. The van der Waals surface area contributed by atoms with Crippen LogP contribution in [-0.2, 0) is 17.6 Å². The van der Waals surface area contributed by atoms with Crippen molar-refractivity contribution in [2.24, 2.45) is 23.3 Å². The molecule has 2 unspecified atom stereocenters. The third-order valence-electron chi connectivity index (χ3n) is 10.3. The Balaban J connectivity index is 0.000000203. The van der Waals surface area contributed by atoms with Crippen molar-refractivity contribution in [2.75, 3.05) is 26.2 Å². The molecule has 3 amide bonds. The van der Waals surface area contributed by atoms with E-state index < -0.39 is 17.4 Å². The van der Waals surface area contributed by atoms with Crippen molar-refractivity contribution < 1.29 is 19.1 Å². The van der Waals surface area contributed by atoms with Gasteiger partial charge in [-0.1, -0.05) is 47.5 Å². The zero-order valence-electron chi connectivity index (χ0n) is 33.5. The lowest BCUT2D eigenvalue weighted by Crippen LogP contribution is -2.43. The summed E-state index contributed by atoms with van der Waals surface area (Å²) in [5, 5.41) is 23.7. The van der Waals surface area contributed by atoms with Crippen LogP contribution in [0.15, 0.2) is 60.7 Å². The molecule has 8 rings (SSSR count). The molecular formula is C43H47Cl3N8O4S2. The summed E-state index contributed by atoms with van der Waals surface area (Å²) in [6.07, 6.45) is 5.47. The van der Waals surface area contributed by atoms with Gasteiger partial charge >= 0.3 is 6.09 Å². The number of carbonyl (C=O) groups is 3. The number of nitrogens with one attached hydrogen (secondary N) is 1. The molecule has 60 heavy (non-hydrogen) atoms. The minimum Gasteiger partial charge on any atom is -0.444 e. The van der Waals surface area contributed by atoms with Crippen LogP contribution in [0.2, 0.25) is 10.0 Å². The fourth-order valence-electron chi connectivity index (χ4n) is 7.49. The van der Waals surface area contributed by atoms with E-state index in [-0.39, 0.29) is 35.8 Å². The molecule has 2 aliphatic heterocycles. The fourth-order valence-corrected chi connectivity index (χ4v) is 10.1. The van der Waals surface area contributed by atoms with Gasteiger partial charge in [0.15, 0.2) is 11.4 Å². The molecule has 2 aromatic carbocycles. The quantitative estimate of drug-likeness (QED) is 0.134. The van der Waals surface area contributed by atoms with E-state index in [9.17, 15) is 14.4 Å². The topological polar surface area (TPSA) is 179 Å². The number of ether oxygens (including phenoxy) is 1. The average molecular weight is 910 g/mol.